The van der Waals surface area contributed by atoms with Crippen LogP contribution in [0.3, 0.4) is 0 Å². The molecule has 1 heterocycles. The predicted molar refractivity (Wildman–Crippen MR) is 132 cm³/mol. The van der Waals surface area contributed by atoms with E-state index in [-0.39, 0.29) is 17.4 Å². The fraction of sp³-hybridized carbons (Fsp3) is 0.333. The van der Waals surface area contributed by atoms with Crippen molar-refractivity contribution in [3.63, 3.8) is 0 Å². The van der Waals surface area contributed by atoms with Gasteiger partial charge in [0.05, 0.1) is 12.4 Å². The van der Waals surface area contributed by atoms with Crippen molar-refractivity contribution in [2.24, 2.45) is 0 Å². The third-order valence-electron chi connectivity index (χ3n) is 4.93. The maximum atomic E-state index is 12.4. The van der Waals surface area contributed by atoms with Gasteiger partial charge in [0.25, 0.3) is 0 Å². The third-order valence-corrected chi connectivity index (χ3v) is 6.14. The number of nitrogens with one attached hydrogen (secondary N) is 1. The second kappa shape index (κ2) is 11.9. The highest BCUT2D eigenvalue weighted by molar-refractivity contribution is 7.99. The number of anilines is 1. The molecule has 1 aromatic heterocycles. The van der Waals surface area contributed by atoms with Crippen molar-refractivity contribution >= 4 is 40.7 Å². The van der Waals surface area contributed by atoms with Gasteiger partial charge in [-0.3, -0.25) is 9.59 Å². The second-order valence-electron chi connectivity index (χ2n) is 7.48. The van der Waals surface area contributed by atoms with Gasteiger partial charge in [-0.25, -0.2) is 0 Å². The molecule has 3 aromatic rings. The van der Waals surface area contributed by atoms with Crippen molar-refractivity contribution in [3.05, 3.63) is 64.4 Å². The minimum atomic E-state index is -0.167. The molecule has 2 aromatic carbocycles. The number of halogens is 1. The van der Waals surface area contributed by atoms with Crippen LogP contribution < -0.4 is 10.1 Å². The molecule has 0 spiro atoms. The highest BCUT2D eigenvalue weighted by Crippen LogP contribution is 2.22. The summed E-state index contributed by atoms with van der Waals surface area (Å²) in [5, 5.41) is 12.8. The molecule has 0 atom stereocenters. The van der Waals surface area contributed by atoms with E-state index in [0.717, 1.165) is 30.0 Å². The van der Waals surface area contributed by atoms with Crippen LogP contribution in [-0.2, 0) is 17.8 Å². The van der Waals surface area contributed by atoms with Crippen LogP contribution in [0, 0.1) is 6.92 Å². The van der Waals surface area contributed by atoms with Gasteiger partial charge in [0, 0.05) is 29.2 Å². The molecular formula is C24H27ClN4O3S. The summed E-state index contributed by atoms with van der Waals surface area (Å²) >= 11 is 7.32. The monoisotopic (exact) mass is 486 g/mol. The molecule has 0 saturated heterocycles. The lowest BCUT2D eigenvalue weighted by molar-refractivity contribution is -0.113. The molecule has 0 aliphatic carbocycles. The molecule has 174 valence electrons. The maximum absolute atomic E-state index is 12.4. The van der Waals surface area contributed by atoms with E-state index in [2.05, 4.69) is 15.5 Å². The number of benzene rings is 2. The maximum Gasteiger partial charge on any atom is 0.234 e. The number of amides is 1. The SMILES string of the molecule is CCn1c(CCCOc2ccc(Cl)cc2C)nnc1SCC(=O)Nc1cccc(C(C)=O)c1. The summed E-state index contributed by atoms with van der Waals surface area (Å²) in [6.07, 6.45) is 1.51. The number of Topliss-reactive ketones (excluding diaryl/α,β-unsaturated/α-hetero) is 1. The van der Waals surface area contributed by atoms with E-state index in [0.29, 0.717) is 34.6 Å². The summed E-state index contributed by atoms with van der Waals surface area (Å²) in [4.78, 5) is 23.9. The molecule has 0 saturated carbocycles. The minimum Gasteiger partial charge on any atom is -0.493 e. The highest BCUT2D eigenvalue weighted by Gasteiger charge is 2.14. The molecule has 0 fully saturated rings. The molecule has 3 rings (SSSR count). The van der Waals surface area contributed by atoms with Crippen molar-refractivity contribution in [3.8, 4) is 5.75 Å². The van der Waals surface area contributed by atoms with Crippen LogP contribution in [0.4, 0.5) is 5.69 Å². The van der Waals surface area contributed by atoms with E-state index in [1.165, 1.54) is 18.7 Å². The van der Waals surface area contributed by atoms with E-state index < -0.39 is 0 Å². The molecule has 9 heteroatoms. The summed E-state index contributed by atoms with van der Waals surface area (Å²) in [6.45, 7) is 6.76. The lowest BCUT2D eigenvalue weighted by Crippen LogP contribution is -2.15. The van der Waals surface area contributed by atoms with Gasteiger partial charge < -0.3 is 14.6 Å². The van der Waals surface area contributed by atoms with Gasteiger partial charge in [0.1, 0.15) is 11.6 Å². The lowest BCUT2D eigenvalue weighted by Gasteiger charge is -2.10. The summed E-state index contributed by atoms with van der Waals surface area (Å²) in [6, 6.07) is 12.5. The lowest BCUT2D eigenvalue weighted by atomic mass is 10.1. The third kappa shape index (κ3) is 7.07. The van der Waals surface area contributed by atoms with Gasteiger partial charge >= 0.3 is 0 Å². The van der Waals surface area contributed by atoms with Gasteiger partial charge in [-0.05, 0) is 63.1 Å². The van der Waals surface area contributed by atoms with Crippen LogP contribution >= 0.6 is 23.4 Å². The topological polar surface area (TPSA) is 86.1 Å². The predicted octanol–water partition coefficient (Wildman–Crippen LogP) is 5.20. The Morgan fingerprint density at radius 3 is 2.73 bits per heavy atom. The molecule has 1 amide bonds. The summed E-state index contributed by atoms with van der Waals surface area (Å²) < 4.78 is 7.87. The van der Waals surface area contributed by atoms with Crippen LogP contribution in [0.5, 0.6) is 5.75 Å². The van der Waals surface area contributed by atoms with Gasteiger partial charge in [-0.2, -0.15) is 0 Å². The number of nitrogens with zero attached hydrogens (tertiary/aromatic N) is 3. The zero-order chi connectivity index (χ0) is 23.8. The van der Waals surface area contributed by atoms with E-state index >= 15 is 0 Å². The molecule has 0 aliphatic heterocycles. The first-order chi connectivity index (χ1) is 15.9. The minimum absolute atomic E-state index is 0.0437. The molecule has 0 bridgehead atoms. The van der Waals surface area contributed by atoms with E-state index in [9.17, 15) is 9.59 Å². The fourth-order valence-electron chi connectivity index (χ4n) is 3.26. The van der Waals surface area contributed by atoms with E-state index in [1.807, 2.05) is 36.6 Å². The van der Waals surface area contributed by atoms with E-state index in [4.69, 9.17) is 16.3 Å². The first-order valence-electron chi connectivity index (χ1n) is 10.7. The van der Waals surface area contributed by atoms with Crippen molar-refractivity contribution in [2.45, 2.75) is 45.3 Å². The first kappa shape index (κ1) is 24.8. The number of ether oxygens (including phenoxy) is 1. The Balaban J connectivity index is 1.50. The van der Waals surface area contributed by atoms with Crippen LogP contribution in [0.15, 0.2) is 47.6 Å². The van der Waals surface area contributed by atoms with Gasteiger partial charge in [0.2, 0.25) is 5.91 Å². The molecular weight excluding hydrogens is 460 g/mol. The Bertz CT molecular complexity index is 1130. The molecule has 1 N–H and O–H groups in total. The normalized spacial score (nSPS) is 10.8. The average Bonchev–Trinajstić information content (AvgIpc) is 3.18. The number of hydrogen-bond acceptors (Lipinski definition) is 6. The zero-order valence-corrected chi connectivity index (χ0v) is 20.5. The number of aromatic nitrogens is 3. The Kier molecular flexibility index (Phi) is 8.91. The first-order valence-corrected chi connectivity index (χ1v) is 12.1. The van der Waals surface area contributed by atoms with Crippen molar-refractivity contribution in [1.29, 1.82) is 0 Å². The summed E-state index contributed by atoms with van der Waals surface area (Å²) in [5.41, 5.74) is 2.16. The number of ketones is 1. The van der Waals surface area contributed by atoms with Crippen LogP contribution in [0.2, 0.25) is 5.02 Å². The van der Waals surface area contributed by atoms with E-state index in [1.54, 1.807) is 24.3 Å². The summed E-state index contributed by atoms with van der Waals surface area (Å²) in [7, 11) is 0. The standard InChI is InChI=1S/C24H27ClN4O3S/c1-4-29-22(9-6-12-32-21-11-10-19(25)13-16(21)2)27-28-24(29)33-15-23(31)26-20-8-5-7-18(14-20)17(3)30/h5,7-8,10-11,13-14H,4,6,9,12,15H2,1-3H3,(H,26,31). The van der Waals surface area contributed by atoms with Gasteiger partial charge in [0.15, 0.2) is 10.9 Å². The van der Waals surface area contributed by atoms with Crippen molar-refractivity contribution in [1.82, 2.24) is 14.8 Å². The number of rotatable bonds is 11. The fourth-order valence-corrected chi connectivity index (χ4v) is 4.31. The second-order valence-corrected chi connectivity index (χ2v) is 8.86. The molecule has 0 radical (unpaired) electrons. The zero-order valence-electron chi connectivity index (χ0n) is 18.9. The molecule has 0 unspecified atom stereocenters. The van der Waals surface area contributed by atoms with Gasteiger partial charge in [-0.1, -0.05) is 35.5 Å². The molecule has 0 aliphatic rings. The Labute approximate surface area is 202 Å². The van der Waals surface area contributed by atoms with Gasteiger partial charge in [-0.15, -0.1) is 10.2 Å². The number of carbonyl (C=O) groups is 2. The summed E-state index contributed by atoms with van der Waals surface area (Å²) in [5.74, 6) is 1.68. The molecule has 7 nitrogen and oxygen atoms in total. The number of thioether (sulfide) groups is 1. The van der Waals surface area contributed by atoms with Crippen molar-refractivity contribution in [2.75, 3.05) is 17.7 Å². The highest BCUT2D eigenvalue weighted by atomic mass is 35.5. The van der Waals surface area contributed by atoms with Crippen LogP contribution in [0.25, 0.3) is 0 Å². The average molecular weight is 487 g/mol. The molecule has 33 heavy (non-hydrogen) atoms. The van der Waals surface area contributed by atoms with Crippen molar-refractivity contribution < 1.29 is 14.3 Å². The Morgan fingerprint density at radius 2 is 2.00 bits per heavy atom. The number of carbonyl (C=O) groups excluding carboxylic acids is 2. The van der Waals surface area contributed by atoms with Crippen LogP contribution in [0.1, 0.15) is 42.0 Å². The largest absolute Gasteiger partial charge is 0.493 e. The quantitative estimate of drug-likeness (QED) is 0.227. The number of aryl methyl sites for hydroxylation is 2. The Morgan fingerprint density at radius 1 is 1.18 bits per heavy atom. The van der Waals surface area contributed by atoms with Crippen LogP contribution in [-0.4, -0.2) is 38.8 Å². The smallest absolute Gasteiger partial charge is 0.234 e. The Hall–Kier alpha value is -2.84. The number of hydrogen-bond donors (Lipinski definition) is 1.